The summed E-state index contributed by atoms with van der Waals surface area (Å²) in [5, 5.41) is 0. The van der Waals surface area contributed by atoms with Crippen LogP contribution in [0.4, 0.5) is 26.3 Å². The van der Waals surface area contributed by atoms with Crippen LogP contribution in [-0.4, -0.2) is 62.4 Å². The Balaban J connectivity index is 2.29. The van der Waals surface area contributed by atoms with Crippen LogP contribution in [0.5, 0.6) is 0 Å². The zero-order chi connectivity index (χ0) is 22.9. The quantitative estimate of drug-likeness (QED) is 0.497. The number of halogens is 6. The summed E-state index contributed by atoms with van der Waals surface area (Å²) in [6, 6.07) is -0.408. The van der Waals surface area contributed by atoms with E-state index in [-0.39, 0.29) is 51.0 Å². The van der Waals surface area contributed by atoms with Gasteiger partial charge < -0.3 is 4.74 Å². The van der Waals surface area contributed by atoms with Crippen LogP contribution in [0.3, 0.4) is 0 Å². The Hall–Kier alpha value is -1.86. The standard InChI is InChI=1S/C17H20F6N2O4S/c1-3-29-15(26)11(2)24-4-6-25(7-5-24)30(27,28)14-9-12(16(18,19)20)8-13(10-14)17(21,22)23/h8-11H,3-7H2,1-2H3. The van der Waals surface area contributed by atoms with Crippen molar-refractivity contribution in [2.45, 2.75) is 37.1 Å². The minimum atomic E-state index is -5.15. The predicted octanol–water partition coefficient (Wildman–Crippen LogP) is 2.98. The highest BCUT2D eigenvalue weighted by Gasteiger charge is 2.40. The van der Waals surface area contributed by atoms with Gasteiger partial charge in [0.25, 0.3) is 0 Å². The van der Waals surface area contributed by atoms with Crippen molar-refractivity contribution in [2.75, 3.05) is 32.8 Å². The summed E-state index contributed by atoms with van der Waals surface area (Å²) in [6.45, 7) is 3.06. The Bertz CT molecular complexity index is 845. The number of alkyl halides is 6. The normalized spacial score (nSPS) is 18.3. The van der Waals surface area contributed by atoms with Gasteiger partial charge in [-0.05, 0) is 32.0 Å². The SMILES string of the molecule is CCOC(=O)C(C)N1CCN(S(=O)(=O)c2cc(C(F)(F)F)cc(C(F)(F)F)c2)CC1. The number of esters is 1. The summed E-state index contributed by atoms with van der Waals surface area (Å²) in [7, 11) is -4.62. The van der Waals surface area contributed by atoms with E-state index >= 15 is 0 Å². The van der Waals surface area contributed by atoms with Gasteiger partial charge in [0.15, 0.2) is 0 Å². The topological polar surface area (TPSA) is 66.9 Å². The summed E-state index contributed by atoms with van der Waals surface area (Å²) in [5.74, 6) is -0.512. The molecule has 0 aliphatic carbocycles. The maximum absolute atomic E-state index is 13.0. The van der Waals surface area contributed by atoms with Crippen molar-refractivity contribution in [3.8, 4) is 0 Å². The van der Waals surface area contributed by atoms with Crippen molar-refractivity contribution in [2.24, 2.45) is 0 Å². The molecule has 0 bridgehead atoms. The summed E-state index contributed by atoms with van der Waals surface area (Å²) in [4.78, 5) is 12.3. The molecule has 0 radical (unpaired) electrons. The maximum atomic E-state index is 13.0. The molecule has 0 saturated carbocycles. The summed E-state index contributed by atoms with van der Waals surface area (Å²) >= 11 is 0. The Morgan fingerprint density at radius 1 is 1.00 bits per heavy atom. The molecule has 6 nitrogen and oxygen atoms in total. The highest BCUT2D eigenvalue weighted by molar-refractivity contribution is 7.89. The fourth-order valence-electron chi connectivity index (χ4n) is 2.97. The van der Waals surface area contributed by atoms with Crippen molar-refractivity contribution in [3.63, 3.8) is 0 Å². The Morgan fingerprint density at radius 2 is 1.47 bits per heavy atom. The molecule has 1 heterocycles. The number of carbonyl (C=O) groups excluding carboxylic acids is 1. The van der Waals surface area contributed by atoms with Crippen molar-refractivity contribution in [1.29, 1.82) is 0 Å². The molecule has 0 amide bonds. The van der Waals surface area contributed by atoms with Gasteiger partial charge in [0.1, 0.15) is 6.04 Å². The lowest BCUT2D eigenvalue weighted by atomic mass is 10.1. The van der Waals surface area contributed by atoms with Crippen LogP contribution >= 0.6 is 0 Å². The minimum absolute atomic E-state index is 0.0598. The molecule has 1 fully saturated rings. The number of benzene rings is 1. The molecule has 1 saturated heterocycles. The average Bonchev–Trinajstić information content (AvgIpc) is 2.66. The number of piperazine rings is 1. The van der Waals surface area contributed by atoms with Gasteiger partial charge in [-0.2, -0.15) is 30.6 Å². The number of hydrogen-bond acceptors (Lipinski definition) is 5. The largest absolute Gasteiger partial charge is 0.465 e. The molecule has 30 heavy (non-hydrogen) atoms. The molecule has 1 aliphatic rings. The van der Waals surface area contributed by atoms with Gasteiger partial charge in [0, 0.05) is 26.2 Å². The molecule has 2 rings (SSSR count). The average molecular weight is 462 g/mol. The minimum Gasteiger partial charge on any atom is -0.465 e. The summed E-state index contributed by atoms with van der Waals surface area (Å²) in [6.07, 6.45) is -10.3. The van der Waals surface area contributed by atoms with Crippen LogP contribution < -0.4 is 0 Å². The Morgan fingerprint density at radius 3 is 1.87 bits per heavy atom. The van der Waals surface area contributed by atoms with Gasteiger partial charge in [-0.1, -0.05) is 0 Å². The number of hydrogen-bond donors (Lipinski definition) is 0. The second-order valence-corrected chi connectivity index (χ2v) is 8.55. The predicted molar refractivity (Wildman–Crippen MR) is 92.9 cm³/mol. The maximum Gasteiger partial charge on any atom is 0.416 e. The van der Waals surface area contributed by atoms with E-state index in [1.807, 2.05) is 0 Å². The molecular weight excluding hydrogens is 442 g/mol. The first-order valence-electron chi connectivity index (χ1n) is 8.88. The molecule has 1 aromatic carbocycles. The van der Waals surface area contributed by atoms with Gasteiger partial charge in [0.2, 0.25) is 10.0 Å². The lowest BCUT2D eigenvalue weighted by molar-refractivity contribution is -0.149. The van der Waals surface area contributed by atoms with Gasteiger partial charge >= 0.3 is 18.3 Å². The zero-order valence-electron chi connectivity index (χ0n) is 16.0. The summed E-state index contributed by atoms with van der Waals surface area (Å²) in [5.41, 5.74) is -3.41. The van der Waals surface area contributed by atoms with Crippen LogP contribution in [-0.2, 0) is 31.9 Å². The molecule has 1 aliphatic heterocycles. The van der Waals surface area contributed by atoms with E-state index in [9.17, 15) is 39.6 Å². The van der Waals surface area contributed by atoms with Gasteiger partial charge in [0.05, 0.1) is 22.6 Å². The molecule has 0 aromatic heterocycles. The fourth-order valence-corrected chi connectivity index (χ4v) is 4.46. The summed E-state index contributed by atoms with van der Waals surface area (Å²) < 4.78 is 109. The van der Waals surface area contributed by atoms with E-state index in [2.05, 4.69) is 0 Å². The molecule has 170 valence electrons. The van der Waals surface area contributed by atoms with E-state index in [0.717, 1.165) is 4.31 Å². The van der Waals surface area contributed by atoms with Crippen molar-refractivity contribution >= 4 is 16.0 Å². The molecular formula is C17H20F6N2O4S. The third-order valence-electron chi connectivity index (χ3n) is 4.65. The lowest BCUT2D eigenvalue weighted by Gasteiger charge is -2.36. The number of ether oxygens (including phenoxy) is 1. The van der Waals surface area contributed by atoms with Crippen molar-refractivity contribution in [3.05, 3.63) is 29.3 Å². The van der Waals surface area contributed by atoms with E-state index in [1.165, 1.54) is 0 Å². The van der Waals surface area contributed by atoms with Gasteiger partial charge in [-0.3, -0.25) is 9.69 Å². The molecule has 13 heteroatoms. The first kappa shape index (κ1) is 24.4. The second-order valence-electron chi connectivity index (χ2n) is 6.61. The van der Waals surface area contributed by atoms with Crippen LogP contribution in [0, 0.1) is 0 Å². The number of sulfonamides is 1. The first-order valence-corrected chi connectivity index (χ1v) is 10.3. The first-order chi connectivity index (χ1) is 13.7. The molecule has 1 unspecified atom stereocenters. The van der Waals surface area contributed by atoms with Crippen molar-refractivity contribution < 1.29 is 44.3 Å². The highest BCUT2D eigenvalue weighted by atomic mass is 32.2. The molecule has 0 spiro atoms. The van der Waals surface area contributed by atoms with Crippen LogP contribution in [0.1, 0.15) is 25.0 Å². The van der Waals surface area contributed by atoms with Gasteiger partial charge in [-0.25, -0.2) is 8.42 Å². The smallest absolute Gasteiger partial charge is 0.416 e. The Labute approximate surface area is 169 Å². The zero-order valence-corrected chi connectivity index (χ0v) is 16.9. The fraction of sp³-hybridized carbons (Fsp3) is 0.588. The monoisotopic (exact) mass is 462 g/mol. The van der Waals surface area contributed by atoms with Gasteiger partial charge in [-0.15, -0.1) is 0 Å². The highest BCUT2D eigenvalue weighted by Crippen LogP contribution is 2.37. The van der Waals surface area contributed by atoms with Crippen molar-refractivity contribution in [1.82, 2.24) is 9.21 Å². The number of nitrogens with zero attached hydrogens (tertiary/aromatic N) is 2. The van der Waals surface area contributed by atoms with Crippen LogP contribution in [0.2, 0.25) is 0 Å². The molecule has 1 atom stereocenters. The number of rotatable bonds is 5. The lowest BCUT2D eigenvalue weighted by Crippen LogP contribution is -2.53. The van der Waals surface area contributed by atoms with E-state index in [0.29, 0.717) is 0 Å². The third kappa shape index (κ3) is 5.43. The molecule has 1 aromatic rings. The molecule has 0 N–H and O–H groups in total. The number of carbonyl (C=O) groups is 1. The van der Waals surface area contributed by atoms with E-state index in [1.54, 1.807) is 18.7 Å². The van der Waals surface area contributed by atoms with Crippen LogP contribution in [0.25, 0.3) is 0 Å². The second kappa shape index (κ2) is 8.71. The Kier molecular flexibility index (Phi) is 7.09. The third-order valence-corrected chi connectivity index (χ3v) is 6.52. The van der Waals surface area contributed by atoms with Crippen LogP contribution in [0.15, 0.2) is 23.1 Å². The van der Waals surface area contributed by atoms with E-state index < -0.39 is 50.4 Å². The van der Waals surface area contributed by atoms with E-state index in [4.69, 9.17) is 4.74 Å².